The minimum absolute atomic E-state index is 0.0922. The smallest absolute Gasteiger partial charge is 0.302 e. The number of hydrogen-bond acceptors (Lipinski definition) is 8. The Bertz CT molecular complexity index is 1190. The first-order chi connectivity index (χ1) is 16.1. The second-order valence-electron chi connectivity index (χ2n) is 6.95. The Morgan fingerprint density at radius 2 is 1.79 bits per heavy atom. The summed E-state index contributed by atoms with van der Waals surface area (Å²) < 4.78 is 10.7. The van der Waals surface area contributed by atoms with E-state index in [9.17, 15) is 9.59 Å². The SMILES string of the molecule is COc1ccc(C2=NN(Cc3ccc(NC(=O)c4ncccn4)cc3)C(=O)SC2)cc1OC. The lowest BCUT2D eigenvalue weighted by Crippen LogP contribution is -2.29. The van der Waals surface area contributed by atoms with Crippen molar-refractivity contribution in [3.05, 3.63) is 77.9 Å². The Kier molecular flexibility index (Phi) is 6.84. The molecule has 4 rings (SSSR count). The molecule has 2 heterocycles. The van der Waals surface area contributed by atoms with Crippen LogP contribution in [0.1, 0.15) is 21.7 Å². The summed E-state index contributed by atoms with van der Waals surface area (Å²) in [6, 6.07) is 14.4. The van der Waals surface area contributed by atoms with Gasteiger partial charge in [0.1, 0.15) is 0 Å². The zero-order valence-corrected chi connectivity index (χ0v) is 18.8. The topological polar surface area (TPSA) is 106 Å². The molecule has 1 aliphatic heterocycles. The number of amides is 2. The molecule has 2 aromatic carbocycles. The molecule has 1 aromatic heterocycles. The first-order valence-electron chi connectivity index (χ1n) is 9.99. The lowest BCUT2D eigenvalue weighted by molar-refractivity contribution is 0.101. The van der Waals surface area contributed by atoms with Gasteiger partial charge in [-0.2, -0.15) is 5.10 Å². The molecule has 0 unspecified atom stereocenters. The van der Waals surface area contributed by atoms with Crippen LogP contribution < -0.4 is 14.8 Å². The van der Waals surface area contributed by atoms with E-state index < -0.39 is 5.91 Å². The second kappa shape index (κ2) is 10.1. The summed E-state index contributed by atoms with van der Waals surface area (Å²) in [4.78, 5) is 32.5. The standard InChI is InChI=1S/C23H21N5O4S/c1-31-19-9-6-16(12-20(19)32-2)18-14-33-23(30)28(27-18)13-15-4-7-17(8-5-15)26-22(29)21-24-10-3-11-25-21/h3-12H,13-14H2,1-2H3,(H,26,29). The number of methoxy groups -OCH3 is 2. The molecule has 33 heavy (non-hydrogen) atoms. The van der Waals surface area contributed by atoms with Gasteiger partial charge in [0.2, 0.25) is 5.82 Å². The number of hydrazone groups is 1. The first-order valence-corrected chi connectivity index (χ1v) is 11.0. The van der Waals surface area contributed by atoms with Gasteiger partial charge in [-0.25, -0.2) is 15.0 Å². The maximum absolute atomic E-state index is 12.4. The maximum atomic E-state index is 12.4. The van der Waals surface area contributed by atoms with Crippen molar-refractivity contribution in [1.82, 2.24) is 15.0 Å². The molecule has 0 saturated carbocycles. The van der Waals surface area contributed by atoms with Gasteiger partial charge in [0, 0.05) is 29.4 Å². The van der Waals surface area contributed by atoms with Gasteiger partial charge in [0.25, 0.3) is 5.91 Å². The van der Waals surface area contributed by atoms with Crippen LogP contribution >= 0.6 is 11.8 Å². The molecule has 0 atom stereocenters. The minimum Gasteiger partial charge on any atom is -0.493 e. The van der Waals surface area contributed by atoms with E-state index in [0.717, 1.165) is 16.8 Å². The molecular weight excluding hydrogens is 442 g/mol. The van der Waals surface area contributed by atoms with E-state index in [0.29, 0.717) is 29.5 Å². The Morgan fingerprint density at radius 3 is 2.48 bits per heavy atom. The Hall–Kier alpha value is -3.92. The molecule has 1 aliphatic rings. The van der Waals surface area contributed by atoms with Gasteiger partial charge in [0.15, 0.2) is 11.5 Å². The quantitative estimate of drug-likeness (QED) is 0.568. The van der Waals surface area contributed by atoms with Crippen molar-refractivity contribution in [3.8, 4) is 11.5 Å². The van der Waals surface area contributed by atoms with Crippen LogP contribution in [0, 0.1) is 0 Å². The summed E-state index contributed by atoms with van der Waals surface area (Å²) in [6.45, 7) is 0.304. The number of hydrogen-bond donors (Lipinski definition) is 1. The molecule has 0 radical (unpaired) electrons. The first kappa shape index (κ1) is 22.3. The van der Waals surface area contributed by atoms with Crippen LogP contribution in [0.25, 0.3) is 0 Å². The van der Waals surface area contributed by atoms with Crippen molar-refractivity contribution in [2.75, 3.05) is 25.3 Å². The van der Waals surface area contributed by atoms with Gasteiger partial charge in [-0.3, -0.25) is 9.59 Å². The zero-order valence-electron chi connectivity index (χ0n) is 18.0. The third kappa shape index (κ3) is 5.29. The molecule has 1 N–H and O–H groups in total. The van der Waals surface area contributed by atoms with Gasteiger partial charge in [-0.1, -0.05) is 23.9 Å². The van der Waals surface area contributed by atoms with E-state index >= 15 is 0 Å². The fraction of sp³-hybridized carbons (Fsp3) is 0.174. The number of carbonyl (C=O) groups excluding carboxylic acids is 2. The minimum atomic E-state index is -0.393. The van der Waals surface area contributed by atoms with E-state index in [1.165, 1.54) is 29.2 Å². The number of aromatic nitrogens is 2. The van der Waals surface area contributed by atoms with Crippen LogP contribution in [-0.2, 0) is 6.54 Å². The highest BCUT2D eigenvalue weighted by molar-refractivity contribution is 8.14. The highest BCUT2D eigenvalue weighted by atomic mass is 32.2. The van der Waals surface area contributed by atoms with Gasteiger partial charge in [-0.05, 0) is 42.0 Å². The number of carbonyl (C=O) groups is 2. The average molecular weight is 464 g/mol. The third-order valence-electron chi connectivity index (χ3n) is 4.81. The van der Waals surface area contributed by atoms with E-state index in [1.54, 1.807) is 32.4 Å². The average Bonchev–Trinajstić information content (AvgIpc) is 2.86. The van der Waals surface area contributed by atoms with Crippen LogP contribution in [-0.4, -0.2) is 51.8 Å². The van der Waals surface area contributed by atoms with Crippen LogP contribution in [0.5, 0.6) is 11.5 Å². The van der Waals surface area contributed by atoms with E-state index in [4.69, 9.17) is 9.47 Å². The molecule has 0 saturated heterocycles. The molecular formula is C23H21N5O4S. The molecule has 2 amide bonds. The van der Waals surface area contributed by atoms with Gasteiger partial charge in [0.05, 0.1) is 26.5 Å². The normalized spacial score (nSPS) is 13.3. The maximum Gasteiger partial charge on any atom is 0.302 e. The zero-order chi connectivity index (χ0) is 23.2. The summed E-state index contributed by atoms with van der Waals surface area (Å²) in [5.74, 6) is 1.40. The van der Waals surface area contributed by atoms with Crippen molar-refractivity contribution >= 4 is 34.3 Å². The summed E-state index contributed by atoms with van der Waals surface area (Å²) in [5, 5.41) is 8.62. The van der Waals surface area contributed by atoms with Gasteiger partial charge < -0.3 is 14.8 Å². The highest BCUT2D eigenvalue weighted by Crippen LogP contribution is 2.30. The number of nitrogens with one attached hydrogen (secondary N) is 1. The number of rotatable bonds is 7. The number of ether oxygens (including phenoxy) is 2. The van der Waals surface area contributed by atoms with Crippen LogP contribution in [0.15, 0.2) is 66.0 Å². The number of nitrogens with zero attached hydrogens (tertiary/aromatic N) is 4. The predicted octanol–water partition coefficient (Wildman–Crippen LogP) is 3.82. The van der Waals surface area contributed by atoms with Crippen molar-refractivity contribution in [3.63, 3.8) is 0 Å². The molecule has 9 nitrogen and oxygen atoms in total. The number of anilines is 1. The van der Waals surface area contributed by atoms with Crippen molar-refractivity contribution < 1.29 is 19.1 Å². The predicted molar refractivity (Wildman–Crippen MR) is 126 cm³/mol. The van der Waals surface area contributed by atoms with Crippen molar-refractivity contribution in [2.24, 2.45) is 5.10 Å². The fourth-order valence-electron chi connectivity index (χ4n) is 3.15. The molecule has 0 aliphatic carbocycles. The largest absolute Gasteiger partial charge is 0.493 e. The highest BCUT2D eigenvalue weighted by Gasteiger charge is 2.23. The molecule has 0 fully saturated rings. The lowest BCUT2D eigenvalue weighted by Gasteiger charge is -2.23. The van der Waals surface area contributed by atoms with E-state index in [1.807, 2.05) is 30.3 Å². The van der Waals surface area contributed by atoms with E-state index in [2.05, 4.69) is 20.4 Å². The Balaban J connectivity index is 1.46. The van der Waals surface area contributed by atoms with Crippen LogP contribution in [0.2, 0.25) is 0 Å². The number of thioether (sulfide) groups is 1. The Morgan fingerprint density at radius 1 is 1.06 bits per heavy atom. The summed E-state index contributed by atoms with van der Waals surface area (Å²) >= 11 is 1.19. The molecule has 3 aromatic rings. The number of benzene rings is 2. The Labute approximate surface area is 194 Å². The van der Waals surface area contributed by atoms with Crippen LogP contribution in [0.4, 0.5) is 10.5 Å². The van der Waals surface area contributed by atoms with Gasteiger partial charge >= 0.3 is 5.24 Å². The second-order valence-corrected chi connectivity index (χ2v) is 7.88. The van der Waals surface area contributed by atoms with Gasteiger partial charge in [-0.15, -0.1) is 0 Å². The van der Waals surface area contributed by atoms with E-state index in [-0.39, 0.29) is 11.1 Å². The summed E-state index contributed by atoms with van der Waals surface area (Å²) in [6.07, 6.45) is 3.02. The summed E-state index contributed by atoms with van der Waals surface area (Å²) in [5.41, 5.74) is 3.10. The third-order valence-corrected chi connectivity index (χ3v) is 5.69. The van der Waals surface area contributed by atoms with Crippen molar-refractivity contribution in [2.45, 2.75) is 6.54 Å². The van der Waals surface area contributed by atoms with Crippen molar-refractivity contribution in [1.29, 1.82) is 0 Å². The monoisotopic (exact) mass is 463 g/mol. The lowest BCUT2D eigenvalue weighted by atomic mass is 10.1. The fourth-order valence-corrected chi connectivity index (χ4v) is 3.89. The molecule has 0 bridgehead atoms. The summed E-state index contributed by atoms with van der Waals surface area (Å²) in [7, 11) is 3.16. The van der Waals surface area contributed by atoms with Crippen LogP contribution in [0.3, 0.4) is 0 Å². The molecule has 0 spiro atoms. The molecule has 10 heteroatoms. The molecule has 168 valence electrons.